The smallest absolute Gasteiger partial charge is 0.0991 e. The van der Waals surface area contributed by atoms with Crippen molar-refractivity contribution in [2.24, 2.45) is 17.8 Å². The predicted octanol–water partition coefficient (Wildman–Crippen LogP) is 7.61. The molecule has 3 rings (SSSR count). The van der Waals surface area contributed by atoms with Crippen LogP contribution in [0.4, 0.5) is 0 Å². The zero-order valence-electron chi connectivity index (χ0n) is 18.1. The highest BCUT2D eigenvalue weighted by Gasteiger charge is 2.29. The van der Waals surface area contributed by atoms with Gasteiger partial charge in [0.05, 0.1) is 17.7 Å². The molecule has 0 bridgehead atoms. The van der Waals surface area contributed by atoms with Gasteiger partial charge in [-0.2, -0.15) is 10.5 Å². The van der Waals surface area contributed by atoms with Gasteiger partial charge in [0.15, 0.2) is 0 Å². The molecule has 2 fully saturated rings. The van der Waals surface area contributed by atoms with E-state index in [2.05, 4.69) is 30.9 Å². The number of hydrogen-bond donors (Lipinski definition) is 0. The Morgan fingerprint density at radius 1 is 0.900 bits per heavy atom. The fourth-order valence-electron chi connectivity index (χ4n) is 5.39. The zero-order valence-corrected chi connectivity index (χ0v) is 18.1. The Bertz CT molecular complexity index is 815. The van der Waals surface area contributed by atoms with Crippen LogP contribution in [0.1, 0.15) is 81.3 Å². The molecule has 0 saturated heterocycles. The average molecular weight is 399 g/mol. The van der Waals surface area contributed by atoms with Crippen LogP contribution < -0.4 is 0 Å². The molecule has 156 valence electrons. The van der Waals surface area contributed by atoms with E-state index in [1.165, 1.54) is 75.0 Å². The average Bonchev–Trinajstić information content (AvgIpc) is 2.81. The Hall–Kier alpha value is -2.58. The molecule has 2 aliphatic rings. The van der Waals surface area contributed by atoms with Gasteiger partial charge in [0, 0.05) is 6.08 Å². The summed E-state index contributed by atoms with van der Waals surface area (Å²) >= 11 is 0. The van der Waals surface area contributed by atoms with Crippen LogP contribution in [0.15, 0.2) is 60.7 Å². The molecule has 1 aromatic rings. The van der Waals surface area contributed by atoms with Crippen LogP contribution in [0.2, 0.25) is 0 Å². The Kier molecular flexibility index (Phi) is 8.53. The number of hydrogen-bond acceptors (Lipinski definition) is 2. The maximum atomic E-state index is 8.98. The van der Waals surface area contributed by atoms with Crippen LogP contribution >= 0.6 is 0 Å². The molecule has 0 amide bonds. The first-order chi connectivity index (χ1) is 14.7. The molecule has 2 aliphatic carbocycles. The van der Waals surface area contributed by atoms with E-state index in [1.807, 2.05) is 30.4 Å². The monoisotopic (exact) mass is 398 g/mol. The summed E-state index contributed by atoms with van der Waals surface area (Å²) in [7, 11) is 0. The molecule has 2 heteroatoms. The molecular formula is C28H34N2. The Morgan fingerprint density at radius 3 is 2.13 bits per heavy atom. The molecule has 30 heavy (non-hydrogen) atoms. The van der Waals surface area contributed by atoms with E-state index in [-0.39, 0.29) is 0 Å². The molecule has 0 radical (unpaired) electrons. The highest BCUT2D eigenvalue weighted by Crippen LogP contribution is 2.44. The first-order valence-corrected chi connectivity index (χ1v) is 11.6. The minimum Gasteiger partial charge on any atom is -0.193 e. The zero-order chi connectivity index (χ0) is 21.2. The molecule has 0 aliphatic heterocycles. The van der Waals surface area contributed by atoms with Crippen molar-refractivity contribution in [3.8, 4) is 12.1 Å². The molecule has 0 N–H and O–H groups in total. The Balaban J connectivity index is 1.38. The van der Waals surface area contributed by atoms with E-state index in [0.29, 0.717) is 11.8 Å². The van der Waals surface area contributed by atoms with E-state index in [0.717, 1.165) is 23.8 Å². The van der Waals surface area contributed by atoms with Crippen molar-refractivity contribution >= 4 is 0 Å². The van der Waals surface area contributed by atoms with Crippen molar-refractivity contribution in [2.45, 2.75) is 70.1 Å². The molecule has 1 aromatic carbocycles. The highest BCUT2D eigenvalue weighted by molar-refractivity contribution is 5.33. The lowest BCUT2D eigenvalue weighted by Gasteiger charge is -2.36. The van der Waals surface area contributed by atoms with Crippen molar-refractivity contribution in [1.29, 1.82) is 10.5 Å². The van der Waals surface area contributed by atoms with Crippen molar-refractivity contribution in [3.05, 3.63) is 71.8 Å². The SMILES string of the molecule is C=C(C1CCC(CC/C=C/C=C/C#N)CC1)C1CCC(c2ccc(C#N)cc2)CC1. The molecule has 0 spiro atoms. The van der Waals surface area contributed by atoms with Gasteiger partial charge in [-0.15, -0.1) is 0 Å². The van der Waals surface area contributed by atoms with Crippen LogP contribution in [0.5, 0.6) is 0 Å². The summed E-state index contributed by atoms with van der Waals surface area (Å²) in [4.78, 5) is 0. The largest absolute Gasteiger partial charge is 0.193 e. The molecule has 0 atom stereocenters. The molecule has 0 unspecified atom stereocenters. The summed E-state index contributed by atoms with van der Waals surface area (Å²) in [5.74, 6) is 2.93. The quantitative estimate of drug-likeness (QED) is 0.269. The third-order valence-corrected chi connectivity index (χ3v) is 7.29. The van der Waals surface area contributed by atoms with Crippen molar-refractivity contribution in [2.75, 3.05) is 0 Å². The van der Waals surface area contributed by atoms with Gasteiger partial charge in [0.1, 0.15) is 0 Å². The number of rotatable bonds is 7. The third-order valence-electron chi connectivity index (χ3n) is 7.29. The lowest BCUT2D eigenvalue weighted by atomic mass is 9.69. The number of benzene rings is 1. The molecule has 2 nitrogen and oxygen atoms in total. The van der Waals surface area contributed by atoms with Crippen LogP contribution in [0, 0.1) is 40.4 Å². The first-order valence-electron chi connectivity index (χ1n) is 11.6. The summed E-state index contributed by atoms with van der Waals surface area (Å²) in [6.45, 7) is 4.57. The van der Waals surface area contributed by atoms with Gasteiger partial charge in [-0.1, -0.05) is 42.5 Å². The summed E-state index contributed by atoms with van der Waals surface area (Å²) < 4.78 is 0. The normalized spacial score (nSPS) is 27.0. The van der Waals surface area contributed by atoms with Gasteiger partial charge < -0.3 is 0 Å². The maximum Gasteiger partial charge on any atom is 0.0991 e. The van der Waals surface area contributed by atoms with E-state index in [4.69, 9.17) is 10.5 Å². The topological polar surface area (TPSA) is 47.6 Å². The fraction of sp³-hybridized carbons (Fsp3) is 0.500. The van der Waals surface area contributed by atoms with Crippen LogP contribution in [0.25, 0.3) is 0 Å². The number of nitrogens with zero attached hydrogens (tertiary/aromatic N) is 2. The van der Waals surface area contributed by atoms with Gasteiger partial charge >= 0.3 is 0 Å². The van der Waals surface area contributed by atoms with Gasteiger partial charge in [-0.05, 0) is 106 Å². The van der Waals surface area contributed by atoms with Crippen LogP contribution in [-0.2, 0) is 0 Å². The second kappa shape index (κ2) is 11.6. The Labute approximate surface area is 182 Å². The van der Waals surface area contributed by atoms with Gasteiger partial charge in [-0.3, -0.25) is 0 Å². The second-order valence-electron chi connectivity index (χ2n) is 9.07. The first kappa shape index (κ1) is 22.1. The van der Waals surface area contributed by atoms with E-state index in [1.54, 1.807) is 0 Å². The number of allylic oxidation sites excluding steroid dienone is 5. The summed E-state index contributed by atoms with van der Waals surface area (Å²) in [6.07, 6.45) is 20.2. The van der Waals surface area contributed by atoms with E-state index >= 15 is 0 Å². The Morgan fingerprint density at radius 2 is 1.53 bits per heavy atom. The molecule has 2 saturated carbocycles. The van der Waals surface area contributed by atoms with Gasteiger partial charge in [-0.25, -0.2) is 0 Å². The van der Waals surface area contributed by atoms with Crippen molar-refractivity contribution < 1.29 is 0 Å². The minimum absolute atomic E-state index is 0.647. The third kappa shape index (κ3) is 6.21. The minimum atomic E-state index is 0.647. The lowest BCUT2D eigenvalue weighted by Crippen LogP contribution is -2.22. The van der Waals surface area contributed by atoms with Crippen molar-refractivity contribution in [3.63, 3.8) is 0 Å². The fourth-order valence-corrected chi connectivity index (χ4v) is 5.39. The maximum absolute atomic E-state index is 8.98. The number of nitriles is 2. The molecular weight excluding hydrogens is 364 g/mol. The van der Waals surface area contributed by atoms with Crippen molar-refractivity contribution in [1.82, 2.24) is 0 Å². The second-order valence-corrected chi connectivity index (χ2v) is 9.07. The van der Waals surface area contributed by atoms with Crippen LogP contribution in [0.3, 0.4) is 0 Å². The van der Waals surface area contributed by atoms with Gasteiger partial charge in [0.25, 0.3) is 0 Å². The van der Waals surface area contributed by atoms with Gasteiger partial charge in [0.2, 0.25) is 0 Å². The summed E-state index contributed by atoms with van der Waals surface area (Å²) in [5, 5.41) is 17.5. The standard InChI is InChI=1S/C28H34N2/c1-22(25-12-8-23(9-13-25)7-5-3-2-4-6-20-29)26-16-18-28(19-17-26)27-14-10-24(21-30)11-15-27/h2-4,6,10-11,14-15,23,25-26,28H,1,5,7-9,12-13,16-19H2/b3-2+,6-4+. The highest BCUT2D eigenvalue weighted by atomic mass is 14.3. The summed E-state index contributed by atoms with van der Waals surface area (Å²) in [6, 6.07) is 12.4. The van der Waals surface area contributed by atoms with E-state index in [9.17, 15) is 0 Å². The van der Waals surface area contributed by atoms with E-state index < -0.39 is 0 Å². The summed E-state index contributed by atoms with van der Waals surface area (Å²) in [5.41, 5.74) is 3.69. The lowest BCUT2D eigenvalue weighted by molar-refractivity contribution is 0.260. The molecule has 0 heterocycles. The predicted molar refractivity (Wildman–Crippen MR) is 124 cm³/mol. The van der Waals surface area contributed by atoms with Crippen LogP contribution in [-0.4, -0.2) is 0 Å². The molecule has 0 aromatic heterocycles.